The molecule has 0 bridgehead atoms. The van der Waals surface area contributed by atoms with Crippen molar-refractivity contribution in [2.75, 3.05) is 14.1 Å². The molecule has 1 aliphatic heterocycles. The van der Waals surface area contributed by atoms with Crippen LogP contribution in [0.4, 0.5) is 0 Å². The van der Waals surface area contributed by atoms with Gasteiger partial charge in [0.2, 0.25) is 0 Å². The predicted molar refractivity (Wildman–Crippen MR) is 109 cm³/mol. The van der Waals surface area contributed by atoms with E-state index in [1.54, 1.807) is 11.8 Å². The number of benzene rings is 2. The highest BCUT2D eigenvalue weighted by atomic mass is 79.9. The van der Waals surface area contributed by atoms with Crippen LogP contribution in [0.15, 0.2) is 57.5 Å². The van der Waals surface area contributed by atoms with Crippen molar-refractivity contribution < 1.29 is 0 Å². The van der Waals surface area contributed by atoms with Crippen LogP contribution in [0.2, 0.25) is 0 Å². The lowest BCUT2D eigenvalue weighted by molar-refractivity contribution is 0.122. The topological polar surface area (TPSA) is 6.48 Å². The Balaban J connectivity index is 1.96. The number of halogens is 2. The number of thioether (sulfide) groups is 1. The molecule has 0 aromatic heterocycles. The molecule has 120 valence electrons. The van der Waals surface area contributed by atoms with Crippen molar-refractivity contribution in [3.63, 3.8) is 0 Å². The second-order valence-electron chi connectivity index (χ2n) is 5.49. The summed E-state index contributed by atoms with van der Waals surface area (Å²) in [7, 11) is 4.22. The quantitative estimate of drug-likeness (QED) is 0.510. The van der Waals surface area contributed by atoms with Gasteiger partial charge in [0.1, 0.15) is 10.5 Å². The van der Waals surface area contributed by atoms with E-state index in [0.29, 0.717) is 0 Å². The Morgan fingerprint density at radius 3 is 1.87 bits per heavy atom. The Labute approximate surface area is 163 Å². The van der Waals surface area contributed by atoms with Crippen molar-refractivity contribution in [2.45, 2.75) is 11.5 Å². The van der Waals surface area contributed by atoms with Crippen molar-refractivity contribution in [1.29, 1.82) is 0 Å². The largest absolute Gasteiger partial charge is 0.341 e. The number of rotatable bonds is 2. The fourth-order valence-electron chi connectivity index (χ4n) is 2.79. The molecule has 0 radical (unpaired) electrons. The fourth-order valence-corrected chi connectivity index (χ4v) is 4.72. The van der Waals surface area contributed by atoms with Gasteiger partial charge >= 0.3 is 0 Å². The Hall–Kier alpha value is -0.400. The van der Waals surface area contributed by atoms with Gasteiger partial charge in [-0.1, -0.05) is 80.1 Å². The number of nitrogens with zero attached hydrogens (tertiary/aromatic N) is 2. The van der Waals surface area contributed by atoms with Crippen LogP contribution in [0.25, 0.3) is 0 Å². The van der Waals surface area contributed by atoms with Gasteiger partial charge in [0.25, 0.3) is 0 Å². The molecule has 2 aromatic carbocycles. The van der Waals surface area contributed by atoms with E-state index in [2.05, 4.69) is 104 Å². The Morgan fingerprint density at radius 1 is 0.870 bits per heavy atom. The molecule has 0 spiro atoms. The first-order valence-electron chi connectivity index (χ1n) is 7.13. The van der Waals surface area contributed by atoms with Crippen molar-refractivity contribution in [3.05, 3.63) is 68.6 Å². The van der Waals surface area contributed by atoms with E-state index in [1.807, 2.05) is 0 Å². The molecule has 1 fully saturated rings. The molecule has 2 nitrogen and oxygen atoms in total. The van der Waals surface area contributed by atoms with Gasteiger partial charge in [-0.15, -0.1) is 0 Å². The molecule has 0 saturated carbocycles. The normalized spacial score (nSPS) is 22.4. The van der Waals surface area contributed by atoms with Gasteiger partial charge in [-0.05, 0) is 42.4 Å². The Kier molecular flexibility index (Phi) is 5.48. The molecule has 0 aliphatic carbocycles. The highest BCUT2D eigenvalue weighted by Gasteiger charge is 2.36. The lowest BCUT2D eigenvalue weighted by atomic mass is 10.1. The van der Waals surface area contributed by atoms with E-state index in [4.69, 9.17) is 12.2 Å². The molecule has 0 N–H and O–H groups in total. The van der Waals surface area contributed by atoms with Gasteiger partial charge in [-0.3, -0.25) is 4.90 Å². The first-order chi connectivity index (χ1) is 11.0. The minimum absolute atomic E-state index is 0.130. The number of hydrogen-bond donors (Lipinski definition) is 0. The molecule has 0 unspecified atom stereocenters. The molecule has 1 aliphatic rings. The van der Waals surface area contributed by atoms with E-state index < -0.39 is 0 Å². The van der Waals surface area contributed by atoms with Crippen LogP contribution in [0.1, 0.15) is 22.7 Å². The second kappa shape index (κ2) is 7.23. The molecule has 1 saturated heterocycles. The summed E-state index contributed by atoms with van der Waals surface area (Å²) in [5.41, 5.74) is 2.50. The first-order valence-corrected chi connectivity index (χ1v) is 10.0. The average Bonchev–Trinajstić information content (AvgIpc) is 2.54. The molecule has 1 heterocycles. The molecule has 2 aromatic rings. The highest BCUT2D eigenvalue weighted by Crippen LogP contribution is 2.45. The summed E-state index contributed by atoms with van der Waals surface area (Å²) < 4.78 is 3.10. The minimum atomic E-state index is 0.130. The zero-order valence-corrected chi connectivity index (χ0v) is 17.5. The molecular formula is C17H16Br2N2S2. The van der Waals surface area contributed by atoms with Crippen LogP contribution in [0, 0.1) is 0 Å². The van der Waals surface area contributed by atoms with Crippen molar-refractivity contribution in [3.8, 4) is 0 Å². The Morgan fingerprint density at radius 2 is 1.35 bits per heavy atom. The summed E-state index contributed by atoms with van der Waals surface area (Å²) in [5.74, 6) is 0. The van der Waals surface area contributed by atoms with Crippen LogP contribution in [0.3, 0.4) is 0 Å². The van der Waals surface area contributed by atoms with Gasteiger partial charge in [-0.2, -0.15) is 0 Å². The van der Waals surface area contributed by atoms with Gasteiger partial charge in [-0.25, -0.2) is 0 Å². The van der Waals surface area contributed by atoms with Gasteiger partial charge < -0.3 is 4.90 Å². The summed E-state index contributed by atoms with van der Waals surface area (Å²) in [4.78, 5) is 4.53. The monoisotopic (exact) mass is 470 g/mol. The highest BCUT2D eigenvalue weighted by molar-refractivity contribution is 9.10. The maximum Gasteiger partial charge on any atom is 0.139 e. The third-order valence-electron chi connectivity index (χ3n) is 3.95. The average molecular weight is 472 g/mol. The minimum Gasteiger partial charge on any atom is -0.341 e. The summed E-state index contributed by atoms with van der Waals surface area (Å²) in [6.07, 6.45) is 0.130. The molecule has 2 atom stereocenters. The lowest BCUT2D eigenvalue weighted by Crippen LogP contribution is -2.45. The maximum atomic E-state index is 5.63. The number of thiocarbonyl (C=S) groups is 1. The van der Waals surface area contributed by atoms with E-state index in [1.165, 1.54) is 11.1 Å². The van der Waals surface area contributed by atoms with E-state index >= 15 is 0 Å². The number of hydrogen-bond acceptors (Lipinski definition) is 3. The van der Waals surface area contributed by atoms with Gasteiger partial charge in [0.15, 0.2) is 0 Å². The van der Waals surface area contributed by atoms with Crippen LogP contribution >= 0.6 is 55.8 Å². The maximum absolute atomic E-state index is 5.63. The molecular weight excluding hydrogens is 456 g/mol. The van der Waals surface area contributed by atoms with Gasteiger partial charge in [0, 0.05) is 16.0 Å². The van der Waals surface area contributed by atoms with Crippen LogP contribution in [0.5, 0.6) is 0 Å². The summed E-state index contributed by atoms with van der Waals surface area (Å²) >= 11 is 14.4. The standard InChI is InChI=1S/C17H16Br2N2S2/c1-20-15(11-3-7-13(18)8-4-11)21(2)17(22)23-16(20)12-5-9-14(19)10-6-12/h3-10,15-16H,1-2H3/t15-,16+/m0/s1. The SMILES string of the molecule is CN1C(=S)S[C@H](c2ccc(Br)cc2)N(C)[C@@H]1c1ccc(Br)cc1. The van der Waals surface area contributed by atoms with Gasteiger partial charge in [0.05, 0.1) is 5.37 Å². The van der Waals surface area contributed by atoms with Crippen LogP contribution in [-0.4, -0.2) is 28.2 Å². The van der Waals surface area contributed by atoms with Crippen molar-refractivity contribution >= 4 is 60.2 Å². The molecule has 0 amide bonds. The van der Waals surface area contributed by atoms with E-state index in [0.717, 1.165) is 13.3 Å². The first kappa shape index (κ1) is 17.4. The van der Waals surface area contributed by atoms with Crippen molar-refractivity contribution in [1.82, 2.24) is 9.80 Å². The van der Waals surface area contributed by atoms with Crippen molar-refractivity contribution in [2.24, 2.45) is 0 Å². The third kappa shape index (κ3) is 3.66. The van der Waals surface area contributed by atoms with Crippen LogP contribution < -0.4 is 0 Å². The second-order valence-corrected chi connectivity index (χ2v) is 9.03. The third-order valence-corrected chi connectivity index (χ3v) is 6.90. The Bertz CT molecular complexity index is 704. The molecule has 23 heavy (non-hydrogen) atoms. The zero-order valence-electron chi connectivity index (χ0n) is 12.7. The fraction of sp³-hybridized carbons (Fsp3) is 0.235. The predicted octanol–water partition coefficient (Wildman–Crippen LogP) is 5.80. The lowest BCUT2D eigenvalue weighted by Gasteiger charge is -2.46. The van der Waals surface area contributed by atoms with E-state index in [-0.39, 0.29) is 11.5 Å². The summed E-state index contributed by atoms with van der Waals surface area (Å²) in [5, 5.41) is 0.209. The smallest absolute Gasteiger partial charge is 0.139 e. The molecule has 3 rings (SSSR count). The van der Waals surface area contributed by atoms with E-state index in [9.17, 15) is 0 Å². The van der Waals surface area contributed by atoms with Crippen LogP contribution in [-0.2, 0) is 0 Å². The summed E-state index contributed by atoms with van der Waals surface area (Å²) in [6, 6.07) is 16.9. The zero-order chi connectivity index (χ0) is 16.6. The summed E-state index contributed by atoms with van der Waals surface area (Å²) in [6.45, 7) is 0. The molecule has 6 heteroatoms.